The highest BCUT2D eigenvalue weighted by molar-refractivity contribution is 7.87. The number of alkyl halides is 4. The van der Waals surface area contributed by atoms with Crippen molar-refractivity contribution in [3.63, 3.8) is 0 Å². The molecule has 9 heteroatoms. The Morgan fingerprint density at radius 3 is 2.21 bits per heavy atom. The van der Waals surface area contributed by atoms with Crippen LogP contribution in [0.5, 0.6) is 0 Å². The van der Waals surface area contributed by atoms with E-state index in [4.69, 9.17) is 0 Å². The molecule has 0 aromatic carbocycles. The molecule has 0 aromatic heterocycles. The van der Waals surface area contributed by atoms with Crippen LogP contribution in [0.1, 0.15) is 12.8 Å². The summed E-state index contributed by atoms with van der Waals surface area (Å²) in [5.74, 6) is -0.187. The smallest absolute Gasteiger partial charge is 0.314 e. The molecule has 110 valence electrons. The average molecular weight is 306 g/mol. The van der Waals surface area contributed by atoms with Gasteiger partial charge in [0.05, 0.1) is 6.61 Å². The SMILES string of the molecule is O=S(=O)(F)C(F)(F)C(F)(F)OCC1CC2C=CC1C2. The maximum atomic E-state index is 13.0. The summed E-state index contributed by atoms with van der Waals surface area (Å²) in [5, 5.41) is -5.88. The van der Waals surface area contributed by atoms with Gasteiger partial charge in [-0.1, -0.05) is 16.0 Å². The molecule has 0 radical (unpaired) electrons. The minimum atomic E-state index is -6.74. The van der Waals surface area contributed by atoms with Gasteiger partial charge in [0, 0.05) is 0 Å². The highest BCUT2D eigenvalue weighted by Crippen LogP contribution is 2.46. The zero-order valence-corrected chi connectivity index (χ0v) is 10.3. The van der Waals surface area contributed by atoms with E-state index in [0.717, 1.165) is 6.42 Å². The van der Waals surface area contributed by atoms with Crippen LogP contribution >= 0.6 is 0 Å². The molecule has 0 heterocycles. The lowest BCUT2D eigenvalue weighted by atomic mass is 9.95. The van der Waals surface area contributed by atoms with Crippen molar-refractivity contribution in [2.24, 2.45) is 17.8 Å². The van der Waals surface area contributed by atoms with Gasteiger partial charge < -0.3 is 4.74 Å². The molecule has 0 aliphatic heterocycles. The van der Waals surface area contributed by atoms with Gasteiger partial charge in [-0.15, -0.1) is 0 Å². The molecule has 1 fully saturated rings. The van der Waals surface area contributed by atoms with Gasteiger partial charge in [0.2, 0.25) is 0 Å². The standard InChI is InChI=1S/C10H11F5O3S/c11-9(12,10(13,14)19(15,16)17)18-5-8-4-6-1-2-7(8)3-6/h1-2,6-8H,3-5H2. The fourth-order valence-corrected chi connectivity index (χ4v) is 2.87. The van der Waals surface area contributed by atoms with Gasteiger partial charge in [0.25, 0.3) is 0 Å². The van der Waals surface area contributed by atoms with E-state index in [-0.39, 0.29) is 17.8 Å². The molecule has 2 bridgehead atoms. The lowest BCUT2D eigenvalue weighted by Crippen LogP contribution is -2.48. The third kappa shape index (κ3) is 2.49. The van der Waals surface area contributed by atoms with Crippen molar-refractivity contribution in [1.82, 2.24) is 0 Å². The molecule has 0 amide bonds. The molecular weight excluding hydrogens is 295 g/mol. The summed E-state index contributed by atoms with van der Waals surface area (Å²) in [4.78, 5) is 0. The predicted octanol–water partition coefficient (Wildman–Crippen LogP) is 2.70. The topological polar surface area (TPSA) is 43.4 Å². The first-order valence-electron chi connectivity index (χ1n) is 5.57. The van der Waals surface area contributed by atoms with Crippen molar-refractivity contribution < 1.29 is 34.6 Å². The van der Waals surface area contributed by atoms with Crippen LogP contribution in [0.15, 0.2) is 12.2 Å². The average Bonchev–Trinajstić information content (AvgIpc) is 2.86. The van der Waals surface area contributed by atoms with Gasteiger partial charge in [0.15, 0.2) is 0 Å². The van der Waals surface area contributed by atoms with Crippen molar-refractivity contribution >= 4 is 10.2 Å². The van der Waals surface area contributed by atoms with E-state index in [1.165, 1.54) is 0 Å². The van der Waals surface area contributed by atoms with E-state index >= 15 is 0 Å². The van der Waals surface area contributed by atoms with Crippen molar-refractivity contribution in [1.29, 1.82) is 0 Å². The second-order valence-electron chi connectivity index (χ2n) is 4.82. The lowest BCUT2D eigenvalue weighted by Gasteiger charge is -2.25. The Morgan fingerprint density at radius 2 is 1.79 bits per heavy atom. The van der Waals surface area contributed by atoms with E-state index in [1.807, 2.05) is 6.08 Å². The fraction of sp³-hybridized carbons (Fsp3) is 0.800. The number of ether oxygens (including phenoxy) is 1. The van der Waals surface area contributed by atoms with Crippen LogP contribution in [0.4, 0.5) is 21.4 Å². The Labute approximate surface area is 106 Å². The summed E-state index contributed by atoms with van der Waals surface area (Å²) in [5.41, 5.74) is 0. The molecule has 0 saturated heterocycles. The zero-order chi connectivity index (χ0) is 14.5. The molecule has 1 saturated carbocycles. The van der Waals surface area contributed by atoms with Gasteiger partial charge in [0.1, 0.15) is 0 Å². The summed E-state index contributed by atoms with van der Waals surface area (Å²) in [6.45, 7) is -0.733. The molecule has 2 aliphatic carbocycles. The maximum absolute atomic E-state index is 13.0. The number of hydrogen-bond acceptors (Lipinski definition) is 3. The quantitative estimate of drug-likeness (QED) is 0.445. The Kier molecular flexibility index (Phi) is 3.41. The van der Waals surface area contributed by atoms with Crippen LogP contribution in [0, 0.1) is 17.8 Å². The summed E-state index contributed by atoms with van der Waals surface area (Å²) >= 11 is 0. The van der Waals surface area contributed by atoms with Crippen molar-refractivity contribution in [2.75, 3.05) is 6.61 Å². The summed E-state index contributed by atoms with van der Waals surface area (Å²) in [6, 6.07) is 0. The molecule has 0 N–H and O–H groups in total. The predicted molar refractivity (Wildman–Crippen MR) is 54.7 cm³/mol. The highest BCUT2D eigenvalue weighted by Gasteiger charge is 2.68. The molecular formula is C10H11F5O3S. The number of halogens is 5. The summed E-state index contributed by atoms with van der Waals surface area (Å²) in [7, 11) is -6.74. The Morgan fingerprint density at radius 1 is 1.16 bits per heavy atom. The van der Waals surface area contributed by atoms with Crippen molar-refractivity contribution in [2.45, 2.75) is 24.2 Å². The Balaban J connectivity index is 2.00. The van der Waals surface area contributed by atoms with Crippen LogP contribution in [0.2, 0.25) is 0 Å². The lowest BCUT2D eigenvalue weighted by molar-refractivity contribution is -0.321. The van der Waals surface area contributed by atoms with E-state index in [0.29, 0.717) is 6.42 Å². The first-order chi connectivity index (χ1) is 8.54. The summed E-state index contributed by atoms with van der Waals surface area (Å²) in [6.07, 6.45) is -0.404. The van der Waals surface area contributed by atoms with E-state index in [2.05, 4.69) is 4.74 Å². The van der Waals surface area contributed by atoms with Gasteiger partial charge in [-0.05, 0) is 30.6 Å². The van der Waals surface area contributed by atoms with E-state index in [1.54, 1.807) is 6.08 Å². The number of fused-ring (bicyclic) bond motifs is 2. The molecule has 3 nitrogen and oxygen atoms in total. The minimum Gasteiger partial charge on any atom is -0.314 e. The van der Waals surface area contributed by atoms with Crippen LogP contribution in [-0.4, -0.2) is 26.4 Å². The van der Waals surface area contributed by atoms with Crippen molar-refractivity contribution in [3.05, 3.63) is 12.2 Å². The third-order valence-corrected chi connectivity index (χ3v) is 4.39. The van der Waals surface area contributed by atoms with E-state index in [9.17, 15) is 29.9 Å². The van der Waals surface area contributed by atoms with Crippen LogP contribution in [0.25, 0.3) is 0 Å². The largest absolute Gasteiger partial charge is 0.464 e. The zero-order valence-electron chi connectivity index (χ0n) is 9.53. The van der Waals surface area contributed by atoms with Gasteiger partial charge in [-0.3, -0.25) is 0 Å². The molecule has 19 heavy (non-hydrogen) atoms. The minimum absolute atomic E-state index is 0.0311. The molecule has 2 rings (SSSR count). The van der Waals surface area contributed by atoms with E-state index < -0.39 is 28.2 Å². The second-order valence-corrected chi connectivity index (χ2v) is 6.21. The van der Waals surface area contributed by atoms with Crippen molar-refractivity contribution in [3.8, 4) is 0 Å². The Hall–Kier alpha value is -0.700. The van der Waals surface area contributed by atoms with Crippen LogP contribution < -0.4 is 0 Å². The first-order valence-corrected chi connectivity index (χ1v) is 6.95. The second kappa shape index (κ2) is 4.41. The van der Waals surface area contributed by atoms with Gasteiger partial charge in [-0.25, -0.2) is 0 Å². The van der Waals surface area contributed by atoms with Gasteiger partial charge >= 0.3 is 21.6 Å². The number of hydrogen-bond donors (Lipinski definition) is 0. The van der Waals surface area contributed by atoms with Crippen LogP contribution in [-0.2, 0) is 15.0 Å². The Bertz CT molecular complexity index is 487. The number of allylic oxidation sites excluding steroid dienone is 2. The maximum Gasteiger partial charge on any atom is 0.464 e. The molecule has 3 unspecified atom stereocenters. The normalized spacial score (nSPS) is 31.1. The molecule has 3 atom stereocenters. The first kappa shape index (κ1) is 14.7. The highest BCUT2D eigenvalue weighted by atomic mass is 32.3. The molecule has 0 spiro atoms. The van der Waals surface area contributed by atoms with Gasteiger partial charge in [-0.2, -0.15) is 26.0 Å². The third-order valence-electron chi connectivity index (χ3n) is 3.54. The molecule has 0 aromatic rings. The number of rotatable bonds is 5. The monoisotopic (exact) mass is 306 g/mol. The molecule has 2 aliphatic rings. The fourth-order valence-electron chi connectivity index (χ4n) is 2.52. The van der Waals surface area contributed by atoms with Crippen LogP contribution in [0.3, 0.4) is 0 Å². The summed E-state index contributed by atoms with van der Waals surface area (Å²) < 4.78 is 87.4.